The molecular formula is C15H25Cl3O4. The van der Waals surface area contributed by atoms with Crippen molar-refractivity contribution in [2.75, 3.05) is 0 Å². The third kappa shape index (κ3) is 13.5. The summed E-state index contributed by atoms with van der Waals surface area (Å²) in [5.41, 5.74) is 0. The number of hydrogen-bond donors (Lipinski definition) is 1. The zero-order chi connectivity index (χ0) is 17.0. The molecule has 0 aromatic heterocycles. The first-order valence-corrected chi connectivity index (χ1v) is 8.98. The van der Waals surface area contributed by atoms with Gasteiger partial charge in [0.25, 0.3) is 0 Å². The van der Waals surface area contributed by atoms with Gasteiger partial charge in [-0.2, -0.15) is 0 Å². The molecule has 0 aliphatic rings. The van der Waals surface area contributed by atoms with E-state index in [1.54, 1.807) is 0 Å². The van der Waals surface area contributed by atoms with Crippen molar-refractivity contribution < 1.29 is 19.4 Å². The standard InChI is InChI=1S/C15H25Cl3O4/c1-11(15(20)21)22-14(19)10-6-5-8-12(16)7-3-2-4-9-13(17)18/h11-13H,2-10H2,1H3,(H,20,21). The predicted molar refractivity (Wildman–Crippen MR) is 89.9 cm³/mol. The molecule has 0 radical (unpaired) electrons. The van der Waals surface area contributed by atoms with Crippen LogP contribution in [0.15, 0.2) is 0 Å². The maximum absolute atomic E-state index is 11.4. The van der Waals surface area contributed by atoms with Crippen molar-refractivity contribution in [1.29, 1.82) is 0 Å². The lowest BCUT2D eigenvalue weighted by molar-refractivity contribution is -0.162. The van der Waals surface area contributed by atoms with E-state index in [2.05, 4.69) is 0 Å². The van der Waals surface area contributed by atoms with Crippen LogP contribution in [0.25, 0.3) is 0 Å². The van der Waals surface area contributed by atoms with Crippen LogP contribution >= 0.6 is 34.8 Å². The smallest absolute Gasteiger partial charge is 0.344 e. The van der Waals surface area contributed by atoms with Crippen LogP contribution in [-0.4, -0.2) is 33.4 Å². The first-order chi connectivity index (χ1) is 10.3. The van der Waals surface area contributed by atoms with Crippen molar-refractivity contribution in [3.8, 4) is 0 Å². The molecular weight excluding hydrogens is 351 g/mol. The van der Waals surface area contributed by atoms with Crippen LogP contribution in [0.2, 0.25) is 0 Å². The number of carbonyl (C=O) groups is 2. The summed E-state index contributed by atoms with van der Waals surface area (Å²) in [7, 11) is 0. The molecule has 0 spiro atoms. The molecule has 130 valence electrons. The quantitative estimate of drug-likeness (QED) is 0.282. The molecule has 0 heterocycles. The molecule has 0 aliphatic heterocycles. The van der Waals surface area contributed by atoms with Gasteiger partial charge in [-0.05, 0) is 32.6 Å². The van der Waals surface area contributed by atoms with Gasteiger partial charge in [0.15, 0.2) is 6.10 Å². The predicted octanol–water partition coefficient (Wildman–Crippen LogP) is 4.92. The number of aliphatic carboxylic acids is 1. The van der Waals surface area contributed by atoms with E-state index in [0.29, 0.717) is 6.42 Å². The minimum Gasteiger partial charge on any atom is -0.479 e. The minimum absolute atomic E-state index is 0.108. The lowest BCUT2D eigenvalue weighted by atomic mass is 10.1. The summed E-state index contributed by atoms with van der Waals surface area (Å²) < 4.78 is 4.74. The molecule has 0 amide bonds. The van der Waals surface area contributed by atoms with E-state index < -0.39 is 18.0 Å². The van der Waals surface area contributed by atoms with Crippen LogP contribution in [0, 0.1) is 0 Å². The van der Waals surface area contributed by atoms with Gasteiger partial charge in [0.05, 0.1) is 0 Å². The van der Waals surface area contributed by atoms with E-state index in [-0.39, 0.29) is 16.6 Å². The van der Waals surface area contributed by atoms with Crippen molar-refractivity contribution in [2.45, 2.75) is 81.0 Å². The van der Waals surface area contributed by atoms with E-state index in [9.17, 15) is 9.59 Å². The van der Waals surface area contributed by atoms with Crippen LogP contribution in [0.4, 0.5) is 0 Å². The molecule has 2 unspecified atom stereocenters. The second-order valence-electron chi connectivity index (χ2n) is 5.34. The van der Waals surface area contributed by atoms with E-state index in [1.807, 2.05) is 0 Å². The lowest BCUT2D eigenvalue weighted by Crippen LogP contribution is -2.23. The van der Waals surface area contributed by atoms with Gasteiger partial charge in [0.1, 0.15) is 4.84 Å². The van der Waals surface area contributed by atoms with E-state index in [0.717, 1.165) is 44.9 Å². The third-order valence-electron chi connectivity index (χ3n) is 3.24. The fraction of sp³-hybridized carbons (Fsp3) is 0.867. The van der Waals surface area contributed by atoms with Gasteiger partial charge in [-0.25, -0.2) is 4.79 Å². The highest BCUT2D eigenvalue weighted by molar-refractivity contribution is 6.44. The molecule has 0 rings (SSSR count). The first kappa shape index (κ1) is 21.8. The van der Waals surface area contributed by atoms with Gasteiger partial charge in [-0.1, -0.05) is 25.7 Å². The van der Waals surface area contributed by atoms with E-state index >= 15 is 0 Å². The summed E-state index contributed by atoms with van der Waals surface area (Å²) in [6, 6.07) is 0. The molecule has 0 aromatic carbocycles. The monoisotopic (exact) mass is 374 g/mol. The minimum atomic E-state index is -1.14. The van der Waals surface area contributed by atoms with Crippen LogP contribution in [0.5, 0.6) is 0 Å². The molecule has 0 aromatic rings. The number of carboxylic acid groups (broad SMARTS) is 1. The molecule has 0 aliphatic carbocycles. The summed E-state index contributed by atoms with van der Waals surface area (Å²) >= 11 is 17.5. The van der Waals surface area contributed by atoms with Gasteiger partial charge in [-0.3, -0.25) is 4.79 Å². The first-order valence-electron chi connectivity index (χ1n) is 7.67. The number of rotatable bonds is 13. The van der Waals surface area contributed by atoms with E-state index in [4.69, 9.17) is 44.6 Å². The summed E-state index contributed by atoms with van der Waals surface area (Å²) in [6.07, 6.45) is 6.36. The third-order valence-corrected chi connectivity index (χ3v) is 4.12. The molecule has 0 fully saturated rings. The second kappa shape index (κ2) is 13.3. The van der Waals surface area contributed by atoms with Crippen molar-refractivity contribution in [2.24, 2.45) is 0 Å². The Labute approximate surface area is 147 Å². The highest BCUT2D eigenvalue weighted by Gasteiger charge is 2.15. The fourth-order valence-electron chi connectivity index (χ4n) is 1.93. The van der Waals surface area contributed by atoms with Crippen LogP contribution in [-0.2, 0) is 14.3 Å². The molecule has 0 saturated carbocycles. The second-order valence-corrected chi connectivity index (χ2v) is 7.24. The maximum Gasteiger partial charge on any atom is 0.344 e. The number of halogens is 3. The average Bonchev–Trinajstić information content (AvgIpc) is 2.42. The molecule has 1 N–H and O–H groups in total. The molecule has 0 bridgehead atoms. The average molecular weight is 376 g/mol. The Morgan fingerprint density at radius 3 is 2.05 bits per heavy atom. The van der Waals surface area contributed by atoms with Crippen molar-refractivity contribution in [3.63, 3.8) is 0 Å². The SMILES string of the molecule is CC(OC(=O)CCCCC(Cl)CCCCCC(Cl)Cl)C(=O)O. The largest absolute Gasteiger partial charge is 0.479 e. The number of carbonyl (C=O) groups excluding carboxylic acids is 1. The molecule has 22 heavy (non-hydrogen) atoms. The molecule has 2 atom stereocenters. The summed E-state index contributed by atoms with van der Waals surface area (Å²) in [5.74, 6) is -1.61. The molecule has 0 saturated heterocycles. The van der Waals surface area contributed by atoms with Gasteiger partial charge < -0.3 is 9.84 Å². The number of hydrogen-bond acceptors (Lipinski definition) is 3. The number of ether oxygens (including phenoxy) is 1. The summed E-state index contributed by atoms with van der Waals surface area (Å²) in [5, 5.41) is 8.72. The zero-order valence-electron chi connectivity index (χ0n) is 12.9. The van der Waals surface area contributed by atoms with Crippen molar-refractivity contribution in [3.05, 3.63) is 0 Å². The summed E-state index contributed by atoms with van der Waals surface area (Å²) in [4.78, 5) is 21.6. The Bertz CT molecular complexity index is 324. The number of unbranched alkanes of at least 4 members (excludes halogenated alkanes) is 3. The maximum atomic E-state index is 11.4. The highest BCUT2D eigenvalue weighted by Crippen LogP contribution is 2.18. The number of alkyl halides is 3. The Morgan fingerprint density at radius 2 is 1.50 bits per heavy atom. The van der Waals surface area contributed by atoms with Gasteiger partial charge in [0.2, 0.25) is 0 Å². The molecule has 7 heteroatoms. The zero-order valence-corrected chi connectivity index (χ0v) is 15.2. The van der Waals surface area contributed by atoms with Crippen LogP contribution in [0.1, 0.15) is 64.7 Å². The fourth-order valence-corrected chi connectivity index (χ4v) is 2.54. The topological polar surface area (TPSA) is 63.6 Å². The normalized spacial score (nSPS) is 13.9. The lowest BCUT2D eigenvalue weighted by Gasteiger charge is -2.10. The van der Waals surface area contributed by atoms with Crippen molar-refractivity contribution in [1.82, 2.24) is 0 Å². The van der Waals surface area contributed by atoms with E-state index in [1.165, 1.54) is 6.92 Å². The highest BCUT2D eigenvalue weighted by atomic mass is 35.5. The van der Waals surface area contributed by atoms with Gasteiger partial charge in [-0.15, -0.1) is 34.8 Å². The molecule has 4 nitrogen and oxygen atoms in total. The van der Waals surface area contributed by atoms with Gasteiger partial charge in [0, 0.05) is 11.8 Å². The van der Waals surface area contributed by atoms with Crippen molar-refractivity contribution >= 4 is 46.7 Å². The number of carboxylic acids is 1. The van der Waals surface area contributed by atoms with Crippen LogP contribution < -0.4 is 0 Å². The van der Waals surface area contributed by atoms with Gasteiger partial charge >= 0.3 is 11.9 Å². The Hall–Kier alpha value is -0.190. The Kier molecular flexibility index (Phi) is 13.2. The number of esters is 1. The summed E-state index contributed by atoms with van der Waals surface area (Å²) in [6.45, 7) is 1.34. The Morgan fingerprint density at radius 1 is 0.955 bits per heavy atom. The van der Waals surface area contributed by atoms with Crippen LogP contribution in [0.3, 0.4) is 0 Å². The Balaban J connectivity index is 3.50.